The lowest BCUT2D eigenvalue weighted by Gasteiger charge is -2.30. The second-order valence-corrected chi connectivity index (χ2v) is 7.22. The zero-order chi connectivity index (χ0) is 19.2. The molecule has 0 amide bonds. The quantitative estimate of drug-likeness (QED) is 0.768. The Hall–Kier alpha value is -2.53. The van der Waals surface area contributed by atoms with E-state index in [4.69, 9.17) is 4.74 Å². The van der Waals surface area contributed by atoms with Gasteiger partial charge in [-0.15, -0.1) is 0 Å². The molecule has 0 bridgehead atoms. The van der Waals surface area contributed by atoms with Crippen LogP contribution in [0.5, 0.6) is 11.5 Å². The molecular formula is C22H30N3O2+. The highest BCUT2D eigenvalue weighted by Crippen LogP contribution is 2.26. The molecule has 0 saturated carbocycles. The smallest absolute Gasteiger partial charge is 0.161 e. The van der Waals surface area contributed by atoms with Crippen molar-refractivity contribution in [2.75, 3.05) is 32.8 Å². The lowest BCUT2D eigenvalue weighted by atomic mass is 10.1. The number of nitrogens with one attached hydrogen (secondary N) is 1. The number of nitrogens with zero attached hydrogens (tertiary/aromatic N) is 2. The first-order valence-corrected chi connectivity index (χ1v) is 9.69. The number of ether oxygens (including phenoxy) is 1. The highest BCUT2D eigenvalue weighted by atomic mass is 16.5. The fourth-order valence-electron chi connectivity index (χ4n) is 3.45. The topological polar surface area (TPSA) is 49.5 Å². The number of benzene rings is 2. The van der Waals surface area contributed by atoms with Gasteiger partial charge in [-0.1, -0.05) is 23.8 Å². The minimum atomic E-state index is 0.164. The summed E-state index contributed by atoms with van der Waals surface area (Å²) in [4.78, 5) is 1.61. The first kappa shape index (κ1) is 19.2. The summed E-state index contributed by atoms with van der Waals surface area (Å²) in [6.07, 6.45) is 1.84. The van der Waals surface area contributed by atoms with E-state index >= 15 is 0 Å². The number of piperazine rings is 1. The summed E-state index contributed by atoms with van der Waals surface area (Å²) in [5, 5.41) is 16.5. The highest BCUT2D eigenvalue weighted by Gasteiger charge is 2.19. The third kappa shape index (κ3) is 5.23. The van der Waals surface area contributed by atoms with Crippen LogP contribution in [-0.4, -0.2) is 49.1 Å². The zero-order valence-electron chi connectivity index (χ0n) is 16.5. The van der Waals surface area contributed by atoms with Crippen molar-refractivity contribution in [1.82, 2.24) is 5.01 Å². The van der Waals surface area contributed by atoms with Gasteiger partial charge in [-0.2, -0.15) is 5.10 Å². The Bertz CT molecular complexity index is 796. The number of hydrogen-bond acceptors (Lipinski definition) is 4. The number of rotatable bonds is 6. The summed E-state index contributed by atoms with van der Waals surface area (Å²) in [5.41, 5.74) is 5.09. The van der Waals surface area contributed by atoms with Gasteiger partial charge < -0.3 is 14.7 Å². The SMILES string of the molecule is CCOc1cc(/C=N/N2CC[NH+](Cc3ccc(C)cc3C)CC2)ccc1O. The van der Waals surface area contributed by atoms with E-state index in [0.29, 0.717) is 12.4 Å². The maximum Gasteiger partial charge on any atom is 0.161 e. The maximum atomic E-state index is 9.79. The highest BCUT2D eigenvalue weighted by molar-refractivity contribution is 5.80. The third-order valence-electron chi connectivity index (χ3n) is 5.04. The third-order valence-corrected chi connectivity index (χ3v) is 5.04. The van der Waals surface area contributed by atoms with E-state index in [0.717, 1.165) is 38.3 Å². The van der Waals surface area contributed by atoms with E-state index in [1.807, 2.05) is 25.3 Å². The van der Waals surface area contributed by atoms with Gasteiger partial charge in [0, 0.05) is 5.56 Å². The standard InChI is InChI=1S/C22H29N3O2/c1-4-27-22-14-19(6-8-21(22)26)15-23-25-11-9-24(10-12-25)16-20-7-5-17(2)13-18(20)3/h5-8,13-15,26H,4,9-12,16H2,1-3H3/p+1/b23-15+. The Morgan fingerprint density at radius 1 is 1.15 bits per heavy atom. The molecule has 0 aromatic heterocycles. The Labute approximate surface area is 161 Å². The molecule has 1 heterocycles. The van der Waals surface area contributed by atoms with Crippen molar-refractivity contribution in [2.45, 2.75) is 27.3 Å². The van der Waals surface area contributed by atoms with E-state index in [1.54, 1.807) is 11.0 Å². The Morgan fingerprint density at radius 2 is 1.93 bits per heavy atom. The van der Waals surface area contributed by atoms with Crippen LogP contribution in [-0.2, 0) is 6.54 Å². The summed E-state index contributed by atoms with van der Waals surface area (Å²) in [5.74, 6) is 0.668. The summed E-state index contributed by atoms with van der Waals surface area (Å²) >= 11 is 0. The zero-order valence-corrected chi connectivity index (χ0v) is 16.5. The Kier molecular flexibility index (Phi) is 6.35. The van der Waals surface area contributed by atoms with Crippen LogP contribution >= 0.6 is 0 Å². The first-order valence-electron chi connectivity index (χ1n) is 9.69. The molecule has 0 aliphatic carbocycles. The lowest BCUT2D eigenvalue weighted by Crippen LogP contribution is -3.13. The van der Waals surface area contributed by atoms with E-state index in [9.17, 15) is 5.11 Å². The number of quaternary nitrogens is 1. The van der Waals surface area contributed by atoms with Gasteiger partial charge in [0.15, 0.2) is 11.5 Å². The molecule has 0 unspecified atom stereocenters. The molecule has 1 aliphatic heterocycles. The monoisotopic (exact) mass is 368 g/mol. The van der Waals surface area contributed by atoms with Gasteiger partial charge in [-0.25, -0.2) is 0 Å². The summed E-state index contributed by atoms with van der Waals surface area (Å²) in [6, 6.07) is 12.1. The number of hydrogen-bond donors (Lipinski definition) is 2. The molecule has 27 heavy (non-hydrogen) atoms. The Morgan fingerprint density at radius 3 is 2.63 bits per heavy atom. The minimum absolute atomic E-state index is 0.164. The van der Waals surface area contributed by atoms with E-state index in [2.05, 4.69) is 42.2 Å². The molecule has 0 radical (unpaired) electrons. The first-order chi connectivity index (χ1) is 13.0. The molecular weight excluding hydrogens is 338 g/mol. The molecule has 0 atom stereocenters. The summed E-state index contributed by atoms with van der Waals surface area (Å²) in [7, 11) is 0. The van der Waals surface area contributed by atoms with Gasteiger partial charge in [-0.05, 0) is 50.1 Å². The van der Waals surface area contributed by atoms with Crippen LogP contribution in [0.2, 0.25) is 0 Å². The molecule has 0 spiro atoms. The summed E-state index contributed by atoms with van der Waals surface area (Å²) in [6.45, 7) is 11.9. The van der Waals surface area contributed by atoms with Crippen molar-refractivity contribution < 1.29 is 14.7 Å². The predicted octanol–water partition coefficient (Wildman–Crippen LogP) is 2.14. The molecule has 5 heteroatoms. The lowest BCUT2D eigenvalue weighted by molar-refractivity contribution is -0.918. The number of phenols is 1. The fraction of sp³-hybridized carbons (Fsp3) is 0.409. The van der Waals surface area contributed by atoms with Crippen LogP contribution in [0.25, 0.3) is 0 Å². The van der Waals surface area contributed by atoms with Crippen LogP contribution in [0.3, 0.4) is 0 Å². The average molecular weight is 369 g/mol. The van der Waals surface area contributed by atoms with Gasteiger partial charge in [0.25, 0.3) is 0 Å². The van der Waals surface area contributed by atoms with Gasteiger partial charge in [0.05, 0.1) is 39.0 Å². The van der Waals surface area contributed by atoms with Crippen molar-refractivity contribution in [2.24, 2.45) is 5.10 Å². The number of phenolic OH excluding ortho intramolecular Hbond substituents is 1. The molecule has 1 fully saturated rings. The molecule has 3 rings (SSSR count). The molecule has 1 saturated heterocycles. The van der Waals surface area contributed by atoms with E-state index < -0.39 is 0 Å². The molecule has 144 valence electrons. The second kappa shape index (κ2) is 8.91. The van der Waals surface area contributed by atoms with Crippen molar-refractivity contribution in [3.8, 4) is 11.5 Å². The molecule has 5 nitrogen and oxygen atoms in total. The fourth-order valence-corrected chi connectivity index (χ4v) is 3.45. The molecule has 1 aliphatic rings. The van der Waals surface area contributed by atoms with Crippen LogP contribution < -0.4 is 9.64 Å². The minimum Gasteiger partial charge on any atom is -0.504 e. The van der Waals surface area contributed by atoms with Crippen LogP contribution in [0, 0.1) is 13.8 Å². The normalized spacial score (nSPS) is 15.4. The predicted molar refractivity (Wildman–Crippen MR) is 109 cm³/mol. The van der Waals surface area contributed by atoms with E-state index in [1.165, 1.54) is 16.7 Å². The van der Waals surface area contributed by atoms with Gasteiger partial charge in [0.2, 0.25) is 0 Å². The van der Waals surface area contributed by atoms with Gasteiger partial charge in [0.1, 0.15) is 6.54 Å². The van der Waals surface area contributed by atoms with Gasteiger partial charge >= 0.3 is 0 Å². The van der Waals surface area contributed by atoms with Crippen LogP contribution in [0.4, 0.5) is 0 Å². The Balaban J connectivity index is 1.53. The second-order valence-electron chi connectivity index (χ2n) is 7.22. The van der Waals surface area contributed by atoms with Gasteiger partial charge in [-0.3, -0.25) is 5.01 Å². The average Bonchev–Trinajstić information content (AvgIpc) is 2.66. The van der Waals surface area contributed by atoms with Crippen molar-refractivity contribution >= 4 is 6.21 Å². The van der Waals surface area contributed by atoms with E-state index in [-0.39, 0.29) is 5.75 Å². The van der Waals surface area contributed by atoms with Crippen LogP contribution in [0.15, 0.2) is 41.5 Å². The summed E-state index contributed by atoms with van der Waals surface area (Å²) < 4.78 is 5.43. The van der Waals surface area contributed by atoms with Crippen LogP contribution in [0.1, 0.15) is 29.2 Å². The molecule has 2 aromatic carbocycles. The number of aromatic hydroxyl groups is 1. The van der Waals surface area contributed by atoms with Crippen molar-refractivity contribution in [3.05, 3.63) is 58.7 Å². The largest absolute Gasteiger partial charge is 0.504 e. The van der Waals surface area contributed by atoms with Crippen molar-refractivity contribution in [3.63, 3.8) is 0 Å². The van der Waals surface area contributed by atoms with Crippen molar-refractivity contribution in [1.29, 1.82) is 0 Å². The number of aryl methyl sites for hydroxylation is 2. The molecule has 2 N–H and O–H groups in total. The molecule has 2 aromatic rings. The maximum absolute atomic E-state index is 9.79. The number of hydrazone groups is 1.